The number of hydrogen-bond acceptors (Lipinski definition) is 5. The first-order valence-corrected chi connectivity index (χ1v) is 9.83. The van der Waals surface area contributed by atoms with E-state index in [0.717, 1.165) is 12.8 Å². The van der Waals surface area contributed by atoms with Gasteiger partial charge in [-0.25, -0.2) is 0 Å². The molecule has 1 aliphatic rings. The predicted octanol–water partition coefficient (Wildman–Crippen LogP) is 3.03. The molecule has 0 bridgehead atoms. The lowest BCUT2D eigenvalue weighted by atomic mass is 9.98. The summed E-state index contributed by atoms with van der Waals surface area (Å²) in [5.74, 6) is 0.650. The molecular weight excluding hydrogens is 364 g/mol. The van der Waals surface area contributed by atoms with Gasteiger partial charge in [-0.15, -0.1) is 11.3 Å². The molecule has 144 valence electrons. The zero-order valence-corrected chi connectivity index (χ0v) is 16.6. The summed E-state index contributed by atoms with van der Waals surface area (Å²) in [4.78, 5) is 28.4. The van der Waals surface area contributed by atoms with Gasteiger partial charge in [-0.05, 0) is 48.1 Å². The second-order valence-corrected chi connectivity index (χ2v) is 7.31. The summed E-state index contributed by atoms with van der Waals surface area (Å²) < 4.78 is 10.4. The van der Waals surface area contributed by atoms with Crippen LogP contribution in [0.15, 0.2) is 29.6 Å². The summed E-state index contributed by atoms with van der Waals surface area (Å²) in [5.41, 5.74) is 1.67. The van der Waals surface area contributed by atoms with Crippen LogP contribution in [-0.2, 0) is 11.2 Å². The highest BCUT2D eigenvalue weighted by molar-refractivity contribution is 7.10. The van der Waals surface area contributed by atoms with Gasteiger partial charge in [0.25, 0.3) is 5.91 Å². The van der Waals surface area contributed by atoms with Gasteiger partial charge < -0.3 is 19.7 Å². The van der Waals surface area contributed by atoms with Gasteiger partial charge in [-0.1, -0.05) is 6.92 Å². The Morgan fingerprint density at radius 2 is 2.00 bits per heavy atom. The number of thiophene rings is 1. The van der Waals surface area contributed by atoms with Gasteiger partial charge >= 0.3 is 0 Å². The van der Waals surface area contributed by atoms with Gasteiger partial charge in [0.15, 0.2) is 11.5 Å². The third-order valence-electron chi connectivity index (χ3n) is 4.85. The van der Waals surface area contributed by atoms with Crippen molar-refractivity contribution in [3.8, 4) is 11.5 Å². The standard InChI is InChI=1S/C20H24N2O4S/c1-4-15-14-8-10-27-18(14)7-9-22(15)19(23)12-21-20(24)13-5-6-16(25-2)17(11-13)26-3/h5-6,8,10-11,15H,4,7,9,12H2,1-3H3,(H,21,24)/t15-/m0/s1. The van der Waals surface area contributed by atoms with E-state index >= 15 is 0 Å². The molecule has 1 aromatic carbocycles. The van der Waals surface area contributed by atoms with Crippen molar-refractivity contribution in [2.75, 3.05) is 27.3 Å². The highest BCUT2D eigenvalue weighted by Gasteiger charge is 2.30. The number of carbonyl (C=O) groups excluding carboxylic acids is 2. The number of nitrogens with one attached hydrogen (secondary N) is 1. The molecule has 1 aliphatic heterocycles. The zero-order chi connectivity index (χ0) is 19.4. The number of hydrogen-bond donors (Lipinski definition) is 1. The van der Waals surface area contributed by atoms with Crippen molar-refractivity contribution in [1.29, 1.82) is 0 Å². The maximum absolute atomic E-state index is 12.7. The highest BCUT2D eigenvalue weighted by Crippen LogP contribution is 2.35. The molecule has 2 amide bonds. The average molecular weight is 388 g/mol. The van der Waals surface area contributed by atoms with Crippen LogP contribution >= 0.6 is 11.3 Å². The molecule has 2 aromatic rings. The number of nitrogens with zero attached hydrogens (tertiary/aromatic N) is 1. The number of amides is 2. The maximum Gasteiger partial charge on any atom is 0.251 e. The van der Waals surface area contributed by atoms with Crippen molar-refractivity contribution in [3.63, 3.8) is 0 Å². The minimum atomic E-state index is -0.314. The van der Waals surface area contributed by atoms with Crippen LogP contribution in [-0.4, -0.2) is 44.0 Å². The molecule has 0 unspecified atom stereocenters. The molecule has 0 fully saturated rings. The van der Waals surface area contributed by atoms with E-state index in [0.29, 0.717) is 23.6 Å². The minimum Gasteiger partial charge on any atom is -0.493 e. The number of carbonyl (C=O) groups is 2. The van der Waals surface area contributed by atoms with Crippen LogP contribution in [0.4, 0.5) is 0 Å². The third-order valence-corrected chi connectivity index (χ3v) is 5.84. The Balaban J connectivity index is 1.64. The monoisotopic (exact) mass is 388 g/mol. The molecule has 2 heterocycles. The summed E-state index contributed by atoms with van der Waals surface area (Å²) in [6.45, 7) is 2.75. The van der Waals surface area contributed by atoms with Crippen LogP contribution in [0.5, 0.6) is 11.5 Å². The number of ether oxygens (including phenoxy) is 2. The Morgan fingerprint density at radius 1 is 1.22 bits per heavy atom. The van der Waals surface area contributed by atoms with Crippen LogP contribution in [0.1, 0.15) is 40.2 Å². The van der Waals surface area contributed by atoms with Gasteiger partial charge in [0.2, 0.25) is 5.91 Å². The largest absolute Gasteiger partial charge is 0.493 e. The topological polar surface area (TPSA) is 67.9 Å². The third kappa shape index (κ3) is 3.93. The molecule has 27 heavy (non-hydrogen) atoms. The zero-order valence-electron chi connectivity index (χ0n) is 15.8. The van der Waals surface area contributed by atoms with Crippen molar-refractivity contribution in [2.45, 2.75) is 25.8 Å². The predicted molar refractivity (Wildman–Crippen MR) is 105 cm³/mol. The fourth-order valence-electron chi connectivity index (χ4n) is 3.47. The fourth-order valence-corrected chi connectivity index (χ4v) is 4.40. The highest BCUT2D eigenvalue weighted by atomic mass is 32.1. The van der Waals surface area contributed by atoms with Crippen LogP contribution < -0.4 is 14.8 Å². The molecule has 0 aliphatic carbocycles. The van der Waals surface area contributed by atoms with Crippen LogP contribution in [0, 0.1) is 0 Å². The lowest BCUT2D eigenvalue weighted by Crippen LogP contribution is -2.44. The van der Waals surface area contributed by atoms with Gasteiger partial charge in [-0.3, -0.25) is 9.59 Å². The molecule has 3 rings (SSSR count). The quantitative estimate of drug-likeness (QED) is 0.826. The molecule has 0 radical (unpaired) electrons. The summed E-state index contributed by atoms with van der Waals surface area (Å²) in [6, 6.07) is 7.12. The normalized spacial score (nSPS) is 15.8. The Bertz CT molecular complexity index is 833. The molecule has 7 heteroatoms. The van der Waals surface area contributed by atoms with Crippen molar-refractivity contribution in [3.05, 3.63) is 45.6 Å². The Hall–Kier alpha value is -2.54. The number of methoxy groups -OCH3 is 2. The Kier molecular flexibility index (Phi) is 6.01. The van der Waals surface area contributed by atoms with Crippen LogP contribution in [0.25, 0.3) is 0 Å². The SMILES string of the molecule is CC[C@H]1c2ccsc2CCN1C(=O)CNC(=O)c1ccc(OC)c(OC)c1. The van der Waals surface area contributed by atoms with E-state index < -0.39 is 0 Å². The van der Waals surface area contributed by atoms with E-state index in [1.807, 2.05) is 4.90 Å². The Labute approximate surface area is 163 Å². The number of benzene rings is 1. The molecule has 1 N–H and O–H groups in total. The maximum atomic E-state index is 12.7. The lowest BCUT2D eigenvalue weighted by Gasteiger charge is -2.35. The van der Waals surface area contributed by atoms with E-state index in [1.54, 1.807) is 29.5 Å². The summed E-state index contributed by atoms with van der Waals surface area (Å²) in [6.07, 6.45) is 1.73. The van der Waals surface area contributed by atoms with Gasteiger partial charge in [0.1, 0.15) is 0 Å². The van der Waals surface area contributed by atoms with E-state index in [2.05, 4.69) is 23.7 Å². The average Bonchev–Trinajstić information content (AvgIpc) is 3.19. The second-order valence-electron chi connectivity index (χ2n) is 6.31. The van der Waals surface area contributed by atoms with E-state index in [1.165, 1.54) is 24.7 Å². The second kappa shape index (κ2) is 8.43. The lowest BCUT2D eigenvalue weighted by molar-refractivity contribution is -0.133. The van der Waals surface area contributed by atoms with Crippen molar-refractivity contribution >= 4 is 23.2 Å². The van der Waals surface area contributed by atoms with E-state index in [9.17, 15) is 9.59 Å². The van der Waals surface area contributed by atoms with Crippen LogP contribution in [0.3, 0.4) is 0 Å². The van der Waals surface area contributed by atoms with E-state index in [-0.39, 0.29) is 24.4 Å². The summed E-state index contributed by atoms with van der Waals surface area (Å²) in [7, 11) is 3.06. The molecule has 0 saturated carbocycles. The molecule has 6 nitrogen and oxygen atoms in total. The summed E-state index contributed by atoms with van der Waals surface area (Å²) >= 11 is 1.75. The van der Waals surface area contributed by atoms with Crippen LogP contribution in [0.2, 0.25) is 0 Å². The first-order valence-electron chi connectivity index (χ1n) is 8.95. The first kappa shape index (κ1) is 19.2. The molecule has 1 atom stereocenters. The smallest absolute Gasteiger partial charge is 0.251 e. The molecular formula is C20H24N2O4S. The number of fused-ring (bicyclic) bond motifs is 1. The van der Waals surface area contributed by atoms with Crippen molar-refractivity contribution in [1.82, 2.24) is 10.2 Å². The van der Waals surface area contributed by atoms with E-state index in [4.69, 9.17) is 9.47 Å². The Morgan fingerprint density at radius 3 is 2.70 bits per heavy atom. The minimum absolute atomic E-state index is 0.0247. The number of rotatable bonds is 6. The van der Waals surface area contributed by atoms with Gasteiger partial charge in [0.05, 0.1) is 26.8 Å². The molecule has 1 aromatic heterocycles. The fraction of sp³-hybridized carbons (Fsp3) is 0.400. The summed E-state index contributed by atoms with van der Waals surface area (Å²) in [5, 5.41) is 4.81. The van der Waals surface area contributed by atoms with Crippen molar-refractivity contribution < 1.29 is 19.1 Å². The van der Waals surface area contributed by atoms with Gasteiger partial charge in [0, 0.05) is 17.0 Å². The molecule has 0 spiro atoms. The molecule has 0 saturated heterocycles. The first-order chi connectivity index (χ1) is 13.1. The van der Waals surface area contributed by atoms with Crippen molar-refractivity contribution in [2.24, 2.45) is 0 Å². The van der Waals surface area contributed by atoms with Gasteiger partial charge in [-0.2, -0.15) is 0 Å².